The van der Waals surface area contributed by atoms with Gasteiger partial charge in [0.25, 0.3) is 0 Å². The highest BCUT2D eigenvalue weighted by Crippen LogP contribution is 2.27. The van der Waals surface area contributed by atoms with Gasteiger partial charge in [-0.2, -0.15) is 4.31 Å². The third-order valence-electron chi connectivity index (χ3n) is 5.25. The molecule has 1 amide bonds. The molecule has 0 spiro atoms. The molecular weight excluding hydrogens is 428 g/mol. The number of sulfonamides is 1. The van der Waals surface area contributed by atoms with Gasteiger partial charge in [-0.1, -0.05) is 29.8 Å². The molecule has 2 aromatic carbocycles. The average molecular weight is 449 g/mol. The quantitative estimate of drug-likeness (QED) is 0.621. The van der Waals surface area contributed by atoms with Gasteiger partial charge < -0.3 is 5.32 Å². The molecule has 30 heavy (non-hydrogen) atoms. The SMILES string of the molecule is O=C(NCCc1ccc(Cl)cc1)C1CCCN(S(=O)(=O)c2cccc3nonc23)C1. The Hall–Kier alpha value is -2.49. The maximum Gasteiger partial charge on any atom is 0.245 e. The number of fused-ring (bicyclic) bond motifs is 1. The van der Waals surface area contributed by atoms with Crippen LogP contribution in [0.15, 0.2) is 52.0 Å². The number of hydrogen-bond donors (Lipinski definition) is 1. The second kappa shape index (κ2) is 8.71. The summed E-state index contributed by atoms with van der Waals surface area (Å²) in [5.41, 5.74) is 1.65. The maximum absolute atomic E-state index is 13.2. The number of rotatable bonds is 6. The van der Waals surface area contributed by atoms with E-state index < -0.39 is 15.9 Å². The predicted octanol–water partition coefficient (Wildman–Crippen LogP) is 2.64. The summed E-state index contributed by atoms with van der Waals surface area (Å²) in [7, 11) is -3.81. The molecule has 10 heteroatoms. The van der Waals surface area contributed by atoms with Crippen LogP contribution in [0.2, 0.25) is 5.02 Å². The third kappa shape index (κ3) is 4.33. The first-order valence-corrected chi connectivity index (χ1v) is 11.5. The summed E-state index contributed by atoms with van der Waals surface area (Å²) in [6.45, 7) is 0.975. The lowest BCUT2D eigenvalue weighted by atomic mass is 9.99. The molecule has 2 heterocycles. The summed E-state index contributed by atoms with van der Waals surface area (Å²) in [6.07, 6.45) is 1.94. The lowest BCUT2D eigenvalue weighted by Crippen LogP contribution is -2.45. The molecule has 4 rings (SSSR count). The molecule has 1 unspecified atom stereocenters. The summed E-state index contributed by atoms with van der Waals surface area (Å²) >= 11 is 5.88. The van der Waals surface area contributed by atoms with Crippen LogP contribution in [0, 0.1) is 5.92 Å². The van der Waals surface area contributed by atoms with Gasteiger partial charge in [0.1, 0.15) is 10.4 Å². The van der Waals surface area contributed by atoms with E-state index in [4.69, 9.17) is 11.6 Å². The molecule has 8 nitrogen and oxygen atoms in total. The van der Waals surface area contributed by atoms with Crippen molar-refractivity contribution in [3.8, 4) is 0 Å². The van der Waals surface area contributed by atoms with E-state index in [1.807, 2.05) is 24.3 Å². The molecule has 1 saturated heterocycles. The van der Waals surface area contributed by atoms with E-state index in [0.29, 0.717) is 42.9 Å². The normalized spacial score (nSPS) is 17.8. The molecule has 1 aliphatic rings. The van der Waals surface area contributed by atoms with Crippen LogP contribution in [0.1, 0.15) is 18.4 Å². The first-order valence-electron chi connectivity index (χ1n) is 9.69. The second-order valence-corrected chi connectivity index (χ2v) is 9.60. The number of nitrogens with zero attached hydrogens (tertiary/aromatic N) is 3. The first-order chi connectivity index (χ1) is 14.4. The lowest BCUT2D eigenvalue weighted by molar-refractivity contribution is -0.126. The lowest BCUT2D eigenvalue weighted by Gasteiger charge is -2.31. The number of benzene rings is 2. The minimum Gasteiger partial charge on any atom is -0.355 e. The van der Waals surface area contributed by atoms with Gasteiger partial charge in [-0.05, 0) is 59.4 Å². The number of hydrogen-bond acceptors (Lipinski definition) is 6. The molecule has 3 aromatic rings. The summed E-state index contributed by atoms with van der Waals surface area (Å²) in [6, 6.07) is 12.2. The molecule has 1 atom stereocenters. The Morgan fingerprint density at radius 2 is 2.00 bits per heavy atom. The Morgan fingerprint density at radius 1 is 1.20 bits per heavy atom. The standard InChI is InChI=1S/C20H21ClN4O4S/c21-16-8-6-14(7-9-16)10-11-22-20(26)15-3-2-12-25(13-15)30(27,28)18-5-1-4-17-19(18)24-29-23-17/h1,4-9,15H,2-3,10-13H2,(H,22,26). The van der Waals surface area contributed by atoms with E-state index in [0.717, 1.165) is 5.56 Å². The van der Waals surface area contributed by atoms with Crippen molar-refractivity contribution in [1.29, 1.82) is 0 Å². The Bertz CT molecular complexity index is 1150. The number of halogens is 1. The van der Waals surface area contributed by atoms with Gasteiger partial charge in [-0.3, -0.25) is 4.79 Å². The van der Waals surface area contributed by atoms with E-state index in [-0.39, 0.29) is 22.9 Å². The van der Waals surface area contributed by atoms with Gasteiger partial charge in [-0.25, -0.2) is 13.0 Å². The van der Waals surface area contributed by atoms with Crippen LogP contribution in [0.5, 0.6) is 0 Å². The zero-order valence-electron chi connectivity index (χ0n) is 16.1. The van der Waals surface area contributed by atoms with Crippen LogP contribution < -0.4 is 5.32 Å². The van der Waals surface area contributed by atoms with Gasteiger partial charge >= 0.3 is 0 Å². The summed E-state index contributed by atoms with van der Waals surface area (Å²) in [4.78, 5) is 12.7. The highest BCUT2D eigenvalue weighted by atomic mass is 35.5. The summed E-state index contributed by atoms with van der Waals surface area (Å²) < 4.78 is 32.4. The van der Waals surface area contributed by atoms with E-state index >= 15 is 0 Å². The summed E-state index contributed by atoms with van der Waals surface area (Å²) in [5.74, 6) is -0.529. The fourth-order valence-corrected chi connectivity index (χ4v) is 5.42. The number of aromatic nitrogens is 2. The molecule has 0 saturated carbocycles. The number of amides is 1. The fraction of sp³-hybridized carbons (Fsp3) is 0.350. The Morgan fingerprint density at radius 3 is 2.80 bits per heavy atom. The second-order valence-electron chi connectivity index (χ2n) is 7.26. The smallest absolute Gasteiger partial charge is 0.245 e. The van der Waals surface area contributed by atoms with Crippen LogP contribution in [0.25, 0.3) is 11.0 Å². The van der Waals surface area contributed by atoms with Crippen molar-refractivity contribution in [2.75, 3.05) is 19.6 Å². The van der Waals surface area contributed by atoms with Gasteiger partial charge in [0.2, 0.25) is 15.9 Å². The molecule has 0 radical (unpaired) electrons. The third-order valence-corrected chi connectivity index (χ3v) is 7.40. The van der Waals surface area contributed by atoms with E-state index in [2.05, 4.69) is 20.3 Å². The van der Waals surface area contributed by atoms with Crippen LogP contribution in [-0.4, -0.2) is 48.6 Å². The zero-order chi connectivity index (χ0) is 21.1. The Labute approximate surface area is 179 Å². The number of carbonyl (C=O) groups is 1. The molecular formula is C20H21ClN4O4S. The van der Waals surface area contributed by atoms with Crippen molar-refractivity contribution in [3.05, 3.63) is 53.1 Å². The largest absolute Gasteiger partial charge is 0.355 e. The molecule has 1 fully saturated rings. The van der Waals surface area contributed by atoms with Gasteiger partial charge in [-0.15, -0.1) is 0 Å². The molecule has 0 bridgehead atoms. The fourth-order valence-electron chi connectivity index (χ4n) is 3.63. The first kappa shape index (κ1) is 20.8. The summed E-state index contributed by atoms with van der Waals surface area (Å²) in [5, 5.41) is 11.0. The van der Waals surface area contributed by atoms with Crippen LogP contribution in [-0.2, 0) is 21.2 Å². The highest BCUT2D eigenvalue weighted by molar-refractivity contribution is 7.89. The van der Waals surface area contributed by atoms with E-state index in [1.165, 1.54) is 10.4 Å². The molecule has 1 aromatic heterocycles. The van der Waals surface area contributed by atoms with Crippen LogP contribution in [0.3, 0.4) is 0 Å². The van der Waals surface area contributed by atoms with Gasteiger partial charge in [0, 0.05) is 24.7 Å². The number of nitrogens with one attached hydrogen (secondary N) is 1. The molecule has 0 aliphatic carbocycles. The topological polar surface area (TPSA) is 105 Å². The van der Waals surface area contributed by atoms with Gasteiger partial charge in [0.05, 0.1) is 5.92 Å². The molecule has 1 N–H and O–H groups in total. The van der Waals surface area contributed by atoms with Crippen molar-refractivity contribution in [2.45, 2.75) is 24.2 Å². The van der Waals surface area contributed by atoms with Crippen molar-refractivity contribution in [3.63, 3.8) is 0 Å². The molecule has 158 valence electrons. The van der Waals surface area contributed by atoms with Crippen molar-refractivity contribution >= 4 is 38.6 Å². The Balaban J connectivity index is 1.40. The zero-order valence-corrected chi connectivity index (χ0v) is 17.7. The van der Waals surface area contributed by atoms with Gasteiger partial charge in [0.15, 0.2) is 5.52 Å². The maximum atomic E-state index is 13.2. The molecule has 1 aliphatic heterocycles. The average Bonchev–Trinajstić information content (AvgIpc) is 3.24. The monoisotopic (exact) mass is 448 g/mol. The Kier molecular flexibility index (Phi) is 6.03. The van der Waals surface area contributed by atoms with Crippen LogP contribution in [0.4, 0.5) is 0 Å². The predicted molar refractivity (Wildman–Crippen MR) is 111 cm³/mol. The number of piperidine rings is 1. The highest BCUT2D eigenvalue weighted by Gasteiger charge is 2.34. The minimum atomic E-state index is -3.81. The van der Waals surface area contributed by atoms with Crippen molar-refractivity contribution in [2.24, 2.45) is 5.92 Å². The van der Waals surface area contributed by atoms with E-state index in [9.17, 15) is 13.2 Å². The van der Waals surface area contributed by atoms with Crippen LogP contribution >= 0.6 is 11.6 Å². The van der Waals surface area contributed by atoms with Crippen molar-refractivity contribution < 1.29 is 17.8 Å². The minimum absolute atomic E-state index is 0.0463. The number of carbonyl (C=O) groups excluding carboxylic acids is 1. The van der Waals surface area contributed by atoms with E-state index in [1.54, 1.807) is 12.1 Å². The van der Waals surface area contributed by atoms with Crippen molar-refractivity contribution in [1.82, 2.24) is 19.9 Å².